The number of aromatic nitrogens is 1. The summed E-state index contributed by atoms with van der Waals surface area (Å²) in [7, 11) is 0. The fraction of sp³-hybridized carbons (Fsp3) is 0.143. The third kappa shape index (κ3) is 1.23. The quantitative estimate of drug-likeness (QED) is 0.611. The average molecular weight is 134 g/mol. The van der Waals surface area contributed by atoms with Crippen LogP contribution in [0.3, 0.4) is 0 Å². The number of hydrogen-bond acceptors (Lipinski definition) is 2. The maximum absolute atomic E-state index is 10.1. The van der Waals surface area contributed by atoms with Crippen molar-refractivity contribution in [1.29, 1.82) is 5.26 Å². The number of carbonyl (C=O) groups is 1. The molecule has 0 aliphatic carbocycles. The second kappa shape index (κ2) is 2.83. The van der Waals surface area contributed by atoms with Crippen LogP contribution < -0.4 is 0 Å². The van der Waals surface area contributed by atoms with Gasteiger partial charge < -0.3 is 4.98 Å². The van der Waals surface area contributed by atoms with Gasteiger partial charge in [-0.1, -0.05) is 0 Å². The Morgan fingerprint density at radius 1 is 1.70 bits per heavy atom. The van der Waals surface area contributed by atoms with E-state index in [9.17, 15) is 4.79 Å². The lowest BCUT2D eigenvalue weighted by atomic mass is 10.3. The number of nitrogens with one attached hydrogen (secondary N) is 1. The van der Waals surface area contributed by atoms with Crippen LogP contribution in [0.25, 0.3) is 0 Å². The van der Waals surface area contributed by atoms with Crippen molar-refractivity contribution in [3.63, 3.8) is 0 Å². The molecule has 3 heteroatoms. The van der Waals surface area contributed by atoms with Gasteiger partial charge in [0.25, 0.3) is 0 Å². The van der Waals surface area contributed by atoms with Gasteiger partial charge >= 0.3 is 0 Å². The number of nitrogens with zero attached hydrogens (tertiary/aromatic N) is 1. The van der Waals surface area contributed by atoms with E-state index in [0.717, 1.165) is 12.0 Å². The summed E-state index contributed by atoms with van der Waals surface area (Å²) in [6.07, 6.45) is 1.05. The van der Waals surface area contributed by atoms with Crippen LogP contribution >= 0.6 is 0 Å². The molecule has 0 atom stereocenters. The van der Waals surface area contributed by atoms with E-state index in [1.165, 1.54) is 0 Å². The first-order valence-electron chi connectivity index (χ1n) is 2.87. The number of aromatic amines is 1. The highest BCUT2D eigenvalue weighted by Crippen LogP contribution is 1.98. The number of aldehydes is 1. The minimum absolute atomic E-state index is 0.327. The van der Waals surface area contributed by atoms with Gasteiger partial charge in [-0.15, -0.1) is 0 Å². The molecule has 0 aliphatic heterocycles. The van der Waals surface area contributed by atoms with Gasteiger partial charge in [0, 0.05) is 5.69 Å². The lowest BCUT2D eigenvalue weighted by Gasteiger charge is -1.82. The van der Waals surface area contributed by atoms with E-state index >= 15 is 0 Å². The number of rotatable bonds is 2. The summed E-state index contributed by atoms with van der Waals surface area (Å²) >= 11 is 0. The van der Waals surface area contributed by atoms with Crippen molar-refractivity contribution in [2.45, 2.75) is 6.42 Å². The first kappa shape index (κ1) is 6.56. The second-order valence-corrected chi connectivity index (χ2v) is 1.89. The zero-order valence-electron chi connectivity index (χ0n) is 5.29. The lowest BCUT2D eigenvalue weighted by Crippen LogP contribution is -1.82. The Hall–Kier alpha value is -1.56. The van der Waals surface area contributed by atoms with E-state index in [0.29, 0.717) is 12.1 Å². The molecule has 50 valence electrons. The molecule has 0 spiro atoms. The van der Waals surface area contributed by atoms with Gasteiger partial charge in [-0.05, 0) is 12.1 Å². The molecule has 1 aromatic rings. The average Bonchev–Trinajstić information content (AvgIpc) is 2.37. The van der Waals surface area contributed by atoms with Gasteiger partial charge in [-0.3, -0.25) is 4.79 Å². The van der Waals surface area contributed by atoms with Gasteiger partial charge in [0.15, 0.2) is 6.29 Å². The molecular formula is C7H6N2O. The zero-order valence-corrected chi connectivity index (χ0v) is 5.29. The topological polar surface area (TPSA) is 56.6 Å². The third-order valence-electron chi connectivity index (χ3n) is 1.17. The Kier molecular flexibility index (Phi) is 1.86. The van der Waals surface area contributed by atoms with Crippen molar-refractivity contribution < 1.29 is 4.79 Å². The molecule has 0 aliphatic rings. The van der Waals surface area contributed by atoms with Crippen molar-refractivity contribution in [3.8, 4) is 6.07 Å². The molecule has 1 N–H and O–H groups in total. The van der Waals surface area contributed by atoms with Crippen LogP contribution in [0.2, 0.25) is 0 Å². The molecule has 0 bridgehead atoms. The van der Waals surface area contributed by atoms with Crippen LogP contribution in [0.4, 0.5) is 0 Å². The minimum atomic E-state index is 0.327. The standard InChI is InChI=1S/C7H6N2O/c8-4-3-6-1-2-7(5-10)9-6/h1-2,5,9H,3H2. The van der Waals surface area contributed by atoms with E-state index in [-0.39, 0.29) is 0 Å². The molecule has 10 heavy (non-hydrogen) atoms. The normalized spacial score (nSPS) is 8.70. The minimum Gasteiger partial charge on any atom is -0.355 e. The maximum Gasteiger partial charge on any atom is 0.166 e. The Bertz CT molecular complexity index is 269. The lowest BCUT2D eigenvalue weighted by molar-refractivity contribution is 0.111. The van der Waals surface area contributed by atoms with Crippen molar-refractivity contribution in [2.24, 2.45) is 0 Å². The number of hydrogen-bond donors (Lipinski definition) is 1. The van der Waals surface area contributed by atoms with E-state index in [1.807, 2.05) is 6.07 Å². The highest BCUT2D eigenvalue weighted by Gasteiger charge is 1.94. The molecule has 0 unspecified atom stereocenters. The highest BCUT2D eigenvalue weighted by molar-refractivity contribution is 5.72. The van der Waals surface area contributed by atoms with Crippen LogP contribution in [0.5, 0.6) is 0 Å². The second-order valence-electron chi connectivity index (χ2n) is 1.89. The smallest absolute Gasteiger partial charge is 0.166 e. The maximum atomic E-state index is 10.1. The molecule has 0 amide bonds. The number of H-pyrrole nitrogens is 1. The van der Waals surface area contributed by atoms with Crippen molar-refractivity contribution in [2.75, 3.05) is 0 Å². The number of nitriles is 1. The summed E-state index contributed by atoms with van der Waals surface area (Å²) in [6, 6.07) is 5.36. The zero-order chi connectivity index (χ0) is 7.40. The molecule has 1 aromatic heterocycles. The monoisotopic (exact) mass is 134 g/mol. The van der Waals surface area contributed by atoms with Gasteiger partial charge in [-0.2, -0.15) is 5.26 Å². The Labute approximate surface area is 58.3 Å². The first-order valence-corrected chi connectivity index (χ1v) is 2.87. The number of carbonyl (C=O) groups excluding carboxylic acids is 1. The molecule has 1 rings (SSSR count). The van der Waals surface area contributed by atoms with Gasteiger partial charge in [0.05, 0.1) is 18.2 Å². The van der Waals surface area contributed by atoms with Gasteiger partial charge in [0.2, 0.25) is 0 Å². The van der Waals surface area contributed by atoms with Gasteiger partial charge in [0.1, 0.15) is 0 Å². The summed E-state index contributed by atoms with van der Waals surface area (Å²) in [5, 5.41) is 8.24. The van der Waals surface area contributed by atoms with Gasteiger partial charge in [-0.25, -0.2) is 0 Å². The summed E-state index contributed by atoms with van der Waals surface area (Å²) in [5.74, 6) is 0. The molecule has 0 fully saturated rings. The van der Waals surface area contributed by atoms with Crippen LogP contribution in [-0.4, -0.2) is 11.3 Å². The van der Waals surface area contributed by atoms with E-state index in [4.69, 9.17) is 5.26 Å². The van der Waals surface area contributed by atoms with Crippen LogP contribution in [-0.2, 0) is 6.42 Å². The van der Waals surface area contributed by atoms with E-state index in [1.54, 1.807) is 12.1 Å². The molecule has 0 aromatic carbocycles. The van der Waals surface area contributed by atoms with Crippen molar-refractivity contribution >= 4 is 6.29 Å². The summed E-state index contributed by atoms with van der Waals surface area (Å²) in [5.41, 5.74) is 1.30. The van der Waals surface area contributed by atoms with Crippen LogP contribution in [0, 0.1) is 11.3 Å². The van der Waals surface area contributed by atoms with E-state index in [2.05, 4.69) is 4.98 Å². The Morgan fingerprint density at radius 3 is 3.00 bits per heavy atom. The summed E-state index contributed by atoms with van der Waals surface area (Å²) < 4.78 is 0. The van der Waals surface area contributed by atoms with Crippen LogP contribution in [0.15, 0.2) is 12.1 Å². The fourth-order valence-electron chi connectivity index (χ4n) is 0.716. The predicted octanol–water partition coefficient (Wildman–Crippen LogP) is 0.893. The molecular weight excluding hydrogens is 128 g/mol. The van der Waals surface area contributed by atoms with Crippen molar-refractivity contribution in [1.82, 2.24) is 4.98 Å². The Morgan fingerprint density at radius 2 is 2.50 bits per heavy atom. The first-order chi connectivity index (χ1) is 4.86. The van der Waals surface area contributed by atoms with E-state index < -0.39 is 0 Å². The predicted molar refractivity (Wildman–Crippen MR) is 35.5 cm³/mol. The third-order valence-corrected chi connectivity index (χ3v) is 1.17. The molecule has 1 heterocycles. The molecule has 0 saturated carbocycles. The Balaban J connectivity index is 2.80. The largest absolute Gasteiger partial charge is 0.355 e. The van der Waals surface area contributed by atoms with Crippen LogP contribution in [0.1, 0.15) is 16.2 Å². The summed E-state index contributed by atoms with van der Waals surface area (Å²) in [4.78, 5) is 12.9. The SMILES string of the molecule is N#CCc1ccc(C=O)[nH]1. The van der Waals surface area contributed by atoms with Crippen molar-refractivity contribution in [3.05, 3.63) is 23.5 Å². The molecule has 0 radical (unpaired) electrons. The highest BCUT2D eigenvalue weighted by atomic mass is 16.1. The fourth-order valence-corrected chi connectivity index (χ4v) is 0.716. The molecule has 0 saturated heterocycles. The summed E-state index contributed by atoms with van der Waals surface area (Å²) in [6.45, 7) is 0. The molecule has 3 nitrogen and oxygen atoms in total.